The number of para-hydroxylation sites is 1. The van der Waals surface area contributed by atoms with Crippen LogP contribution in [0.5, 0.6) is 0 Å². The van der Waals surface area contributed by atoms with Crippen LogP contribution in [0.4, 0.5) is 11.4 Å². The minimum absolute atomic E-state index is 1.07. The molecule has 2 N–H and O–H groups in total. The van der Waals surface area contributed by atoms with Crippen molar-refractivity contribution in [3.8, 4) is 0 Å². The van der Waals surface area contributed by atoms with Gasteiger partial charge in [-0.25, -0.2) is 4.98 Å². The van der Waals surface area contributed by atoms with Gasteiger partial charge in [0, 0.05) is 23.2 Å². The molecule has 98 valence electrons. The predicted molar refractivity (Wildman–Crippen MR) is 93.9 cm³/mol. The third-order valence-corrected chi connectivity index (χ3v) is 5.07. The summed E-state index contributed by atoms with van der Waals surface area (Å²) in [5.74, 6) is 0. The van der Waals surface area contributed by atoms with Crippen LogP contribution in [-0.4, -0.2) is 9.97 Å². The van der Waals surface area contributed by atoms with Gasteiger partial charge in [0.2, 0.25) is 0 Å². The van der Waals surface area contributed by atoms with Gasteiger partial charge < -0.3 is 10.3 Å². The summed E-state index contributed by atoms with van der Waals surface area (Å²) in [5.41, 5.74) is 3.31. The van der Waals surface area contributed by atoms with E-state index in [-0.39, 0.29) is 0 Å². The molecule has 0 saturated carbocycles. The van der Waals surface area contributed by atoms with Crippen molar-refractivity contribution in [2.45, 2.75) is 0 Å². The largest absolute Gasteiger partial charge is 0.359 e. The van der Waals surface area contributed by atoms with Crippen molar-refractivity contribution < 1.29 is 0 Å². The highest BCUT2D eigenvalue weighted by Gasteiger charge is 2.08. The summed E-state index contributed by atoms with van der Waals surface area (Å²) in [6, 6.07) is 12.5. The first-order chi connectivity index (χ1) is 9.81. The summed E-state index contributed by atoms with van der Waals surface area (Å²) in [6.07, 6.45) is 3.82. The van der Waals surface area contributed by atoms with Gasteiger partial charge in [-0.2, -0.15) is 0 Å². The lowest BCUT2D eigenvalue weighted by Gasteiger charge is -2.08. The second-order valence-corrected chi connectivity index (χ2v) is 7.43. The molecule has 0 aliphatic carbocycles. The average Bonchev–Trinajstić information content (AvgIpc) is 3.05. The molecule has 0 radical (unpaired) electrons. The number of aromatic amines is 1. The lowest BCUT2D eigenvalue weighted by Crippen LogP contribution is -1.92. The van der Waals surface area contributed by atoms with E-state index in [1.165, 1.54) is 13.7 Å². The summed E-state index contributed by atoms with van der Waals surface area (Å²) in [7, 11) is 0. The van der Waals surface area contributed by atoms with Gasteiger partial charge >= 0.3 is 0 Å². The number of pyridine rings is 1. The zero-order valence-electron chi connectivity index (χ0n) is 10.4. The van der Waals surface area contributed by atoms with Gasteiger partial charge in [0.05, 0.1) is 19.8 Å². The molecule has 0 unspecified atom stereocenters. The Balaban J connectivity index is 1.86. The fourth-order valence-electron chi connectivity index (χ4n) is 2.35. The number of benzene rings is 1. The Bertz CT molecular complexity index is 910. The number of aromatic nitrogens is 2. The molecule has 0 saturated heterocycles. The van der Waals surface area contributed by atoms with Gasteiger partial charge in [-0.15, -0.1) is 11.3 Å². The molecule has 3 heterocycles. The molecular formula is C15H10IN3S. The molecule has 0 spiro atoms. The molecule has 4 rings (SSSR count). The minimum atomic E-state index is 1.07. The molecular weight excluding hydrogens is 381 g/mol. The Kier molecular flexibility index (Phi) is 2.89. The maximum absolute atomic E-state index is 4.42. The topological polar surface area (TPSA) is 40.7 Å². The van der Waals surface area contributed by atoms with E-state index in [1.54, 1.807) is 11.3 Å². The number of nitrogens with one attached hydrogen (secondary N) is 2. The van der Waals surface area contributed by atoms with Gasteiger partial charge in [0.1, 0.15) is 4.83 Å². The van der Waals surface area contributed by atoms with Crippen LogP contribution < -0.4 is 5.32 Å². The Labute approximate surface area is 133 Å². The average molecular weight is 391 g/mol. The van der Waals surface area contributed by atoms with Crippen LogP contribution in [-0.2, 0) is 0 Å². The van der Waals surface area contributed by atoms with E-state index in [9.17, 15) is 0 Å². The Morgan fingerprint density at radius 2 is 2.10 bits per heavy atom. The van der Waals surface area contributed by atoms with Crippen LogP contribution >= 0.6 is 33.9 Å². The first-order valence-electron chi connectivity index (χ1n) is 6.18. The maximum Gasteiger partial charge on any atom is 0.126 e. The molecule has 20 heavy (non-hydrogen) atoms. The van der Waals surface area contributed by atoms with E-state index in [0.717, 1.165) is 21.7 Å². The van der Waals surface area contributed by atoms with E-state index in [2.05, 4.69) is 68.2 Å². The fraction of sp³-hybridized carbons (Fsp3) is 0. The second-order valence-electron chi connectivity index (χ2n) is 4.50. The molecule has 1 aromatic carbocycles. The molecule has 0 aliphatic heterocycles. The van der Waals surface area contributed by atoms with Crippen LogP contribution in [0.15, 0.2) is 48.8 Å². The summed E-state index contributed by atoms with van der Waals surface area (Å²) in [5, 5.41) is 5.90. The van der Waals surface area contributed by atoms with Gasteiger partial charge in [-0.05, 0) is 46.9 Å². The molecule has 0 atom stereocenters. The number of anilines is 2. The van der Waals surface area contributed by atoms with Crippen molar-refractivity contribution in [2.24, 2.45) is 0 Å². The Hall–Kier alpha value is -1.60. The van der Waals surface area contributed by atoms with Crippen LogP contribution in [0.3, 0.4) is 0 Å². The van der Waals surface area contributed by atoms with Crippen molar-refractivity contribution in [3.05, 3.63) is 51.7 Å². The van der Waals surface area contributed by atoms with Gasteiger partial charge in [0.15, 0.2) is 0 Å². The first kappa shape index (κ1) is 12.2. The standard InChI is InChI=1S/C15H10IN3S/c16-13-8-10-11(5-7-18-15(10)20-13)19-12-3-1-2-9-4-6-17-14(9)12/h1-8,17H,(H,18,19). The van der Waals surface area contributed by atoms with Crippen LogP contribution in [0, 0.1) is 2.88 Å². The molecule has 3 aromatic heterocycles. The van der Waals surface area contributed by atoms with Crippen LogP contribution in [0.1, 0.15) is 0 Å². The summed E-state index contributed by atoms with van der Waals surface area (Å²) in [6.45, 7) is 0. The second kappa shape index (κ2) is 4.75. The normalized spacial score (nSPS) is 11.2. The fourth-order valence-corrected chi connectivity index (χ4v) is 4.04. The number of hydrogen-bond donors (Lipinski definition) is 2. The molecule has 5 heteroatoms. The monoisotopic (exact) mass is 391 g/mol. The van der Waals surface area contributed by atoms with Crippen molar-refractivity contribution >= 4 is 66.4 Å². The molecule has 0 fully saturated rings. The lowest BCUT2D eigenvalue weighted by atomic mass is 10.2. The van der Waals surface area contributed by atoms with Crippen molar-refractivity contribution in [1.82, 2.24) is 9.97 Å². The van der Waals surface area contributed by atoms with Crippen LogP contribution in [0.25, 0.3) is 21.1 Å². The number of hydrogen-bond acceptors (Lipinski definition) is 3. The van der Waals surface area contributed by atoms with E-state index in [1.807, 2.05) is 18.5 Å². The van der Waals surface area contributed by atoms with Crippen molar-refractivity contribution in [3.63, 3.8) is 0 Å². The van der Waals surface area contributed by atoms with E-state index >= 15 is 0 Å². The number of fused-ring (bicyclic) bond motifs is 2. The highest BCUT2D eigenvalue weighted by molar-refractivity contribution is 14.1. The molecule has 4 aromatic rings. The molecule has 0 bridgehead atoms. The van der Waals surface area contributed by atoms with E-state index in [0.29, 0.717) is 0 Å². The number of thiophene rings is 1. The van der Waals surface area contributed by atoms with E-state index in [4.69, 9.17) is 0 Å². The number of rotatable bonds is 2. The number of H-pyrrole nitrogens is 1. The van der Waals surface area contributed by atoms with Gasteiger partial charge in [-0.1, -0.05) is 12.1 Å². The zero-order chi connectivity index (χ0) is 13.5. The highest BCUT2D eigenvalue weighted by atomic mass is 127. The SMILES string of the molecule is Ic1cc2c(Nc3cccc4cc[nH]c34)ccnc2s1. The molecule has 3 nitrogen and oxygen atoms in total. The summed E-state index contributed by atoms with van der Waals surface area (Å²) < 4.78 is 1.25. The molecule has 0 amide bonds. The minimum Gasteiger partial charge on any atom is -0.359 e. The smallest absolute Gasteiger partial charge is 0.126 e. The summed E-state index contributed by atoms with van der Waals surface area (Å²) in [4.78, 5) is 8.77. The first-order valence-corrected chi connectivity index (χ1v) is 8.08. The maximum atomic E-state index is 4.42. The third kappa shape index (κ3) is 1.97. The predicted octanol–water partition coefficient (Wildman–Crippen LogP) is 5.13. The zero-order valence-corrected chi connectivity index (χ0v) is 13.3. The lowest BCUT2D eigenvalue weighted by molar-refractivity contribution is 1.43. The van der Waals surface area contributed by atoms with Gasteiger partial charge in [0.25, 0.3) is 0 Å². The summed E-state index contributed by atoms with van der Waals surface area (Å²) >= 11 is 4.05. The van der Waals surface area contributed by atoms with Gasteiger partial charge in [-0.3, -0.25) is 0 Å². The Morgan fingerprint density at radius 3 is 3.05 bits per heavy atom. The van der Waals surface area contributed by atoms with Crippen molar-refractivity contribution in [1.29, 1.82) is 0 Å². The number of halogens is 1. The Morgan fingerprint density at radius 1 is 1.15 bits per heavy atom. The third-order valence-electron chi connectivity index (χ3n) is 3.26. The van der Waals surface area contributed by atoms with E-state index < -0.39 is 0 Å². The molecule has 0 aliphatic rings. The number of nitrogens with zero attached hydrogens (tertiary/aromatic N) is 1. The van der Waals surface area contributed by atoms with Crippen LogP contribution in [0.2, 0.25) is 0 Å². The highest BCUT2D eigenvalue weighted by Crippen LogP contribution is 2.33. The quantitative estimate of drug-likeness (QED) is 0.466. The van der Waals surface area contributed by atoms with Crippen molar-refractivity contribution in [2.75, 3.05) is 5.32 Å².